The van der Waals surface area contributed by atoms with Crippen molar-refractivity contribution < 1.29 is 0 Å². The van der Waals surface area contributed by atoms with Gasteiger partial charge >= 0.3 is 0 Å². The van der Waals surface area contributed by atoms with Gasteiger partial charge in [-0.1, -0.05) is 30.9 Å². The van der Waals surface area contributed by atoms with Gasteiger partial charge in [-0.05, 0) is 26.2 Å². The van der Waals surface area contributed by atoms with Crippen molar-refractivity contribution in [3.8, 4) is 0 Å². The van der Waals surface area contributed by atoms with Gasteiger partial charge in [0.15, 0.2) is 0 Å². The molecular formula is C9H15. The van der Waals surface area contributed by atoms with Crippen LogP contribution in [0.5, 0.6) is 0 Å². The highest BCUT2D eigenvalue weighted by atomic mass is 14.2. The third-order valence-electron chi connectivity index (χ3n) is 2.18. The molecule has 0 aromatic heterocycles. The first-order valence-electron chi connectivity index (χ1n) is 3.78. The zero-order chi connectivity index (χ0) is 6.69. The molecule has 1 aliphatic rings. The molecule has 0 aromatic carbocycles. The van der Waals surface area contributed by atoms with E-state index in [9.17, 15) is 0 Å². The van der Waals surface area contributed by atoms with Gasteiger partial charge in [-0.2, -0.15) is 0 Å². The summed E-state index contributed by atoms with van der Waals surface area (Å²) >= 11 is 0. The van der Waals surface area contributed by atoms with Crippen LogP contribution in [-0.2, 0) is 0 Å². The molecule has 0 saturated heterocycles. The summed E-state index contributed by atoms with van der Waals surface area (Å²) in [5.74, 6) is 1.00. The van der Waals surface area contributed by atoms with Crippen LogP contribution in [0, 0.1) is 12.8 Å². The fourth-order valence-corrected chi connectivity index (χ4v) is 1.24. The fraction of sp³-hybridized carbons (Fsp3) is 0.667. The average Bonchev–Trinajstić information content (AvgIpc) is 1.78. The van der Waals surface area contributed by atoms with Gasteiger partial charge < -0.3 is 0 Å². The lowest BCUT2D eigenvalue weighted by atomic mass is 9.81. The van der Waals surface area contributed by atoms with Gasteiger partial charge in [0.25, 0.3) is 0 Å². The Morgan fingerprint density at radius 1 is 1.67 bits per heavy atom. The summed E-state index contributed by atoms with van der Waals surface area (Å²) in [4.78, 5) is 0. The van der Waals surface area contributed by atoms with Crippen molar-refractivity contribution in [2.24, 2.45) is 5.92 Å². The number of allylic oxidation sites excluding steroid dienone is 2. The van der Waals surface area contributed by atoms with Crippen molar-refractivity contribution in [1.29, 1.82) is 0 Å². The molecule has 0 heteroatoms. The van der Waals surface area contributed by atoms with E-state index < -0.39 is 0 Å². The Morgan fingerprint density at radius 2 is 2.33 bits per heavy atom. The zero-order valence-electron chi connectivity index (χ0n) is 6.19. The lowest BCUT2D eigenvalue weighted by Crippen LogP contribution is -2.10. The highest BCUT2D eigenvalue weighted by Crippen LogP contribution is 2.31. The van der Waals surface area contributed by atoms with E-state index in [-0.39, 0.29) is 0 Å². The minimum atomic E-state index is 1.00. The second-order valence-corrected chi connectivity index (χ2v) is 3.05. The Labute approximate surface area is 58.0 Å². The molecule has 0 N–H and O–H groups in total. The maximum absolute atomic E-state index is 3.74. The van der Waals surface area contributed by atoms with Crippen molar-refractivity contribution in [1.82, 2.24) is 0 Å². The van der Waals surface area contributed by atoms with Crippen molar-refractivity contribution in [3.05, 3.63) is 18.6 Å². The lowest BCUT2D eigenvalue weighted by Gasteiger charge is -2.25. The first-order valence-corrected chi connectivity index (χ1v) is 3.78. The van der Waals surface area contributed by atoms with Gasteiger partial charge in [-0.15, -0.1) is 0 Å². The Bertz CT molecular complexity index is 107. The van der Waals surface area contributed by atoms with Crippen molar-refractivity contribution in [2.75, 3.05) is 0 Å². The highest BCUT2D eigenvalue weighted by Gasteiger charge is 2.16. The molecule has 0 heterocycles. The molecule has 1 radical (unpaired) electrons. The van der Waals surface area contributed by atoms with Crippen LogP contribution in [-0.4, -0.2) is 0 Å². The van der Waals surface area contributed by atoms with Crippen LogP contribution in [0.3, 0.4) is 0 Å². The maximum atomic E-state index is 3.74. The summed E-state index contributed by atoms with van der Waals surface area (Å²) in [7, 11) is 0. The van der Waals surface area contributed by atoms with E-state index in [1.54, 1.807) is 0 Å². The average molecular weight is 123 g/mol. The standard InChI is InChI=1S/C9H15/c1-3-8(2)7-9-5-4-6-9/h3,9H,1,4-7H2,2H3. The summed E-state index contributed by atoms with van der Waals surface area (Å²) in [5, 5.41) is 0. The van der Waals surface area contributed by atoms with Gasteiger partial charge in [0.2, 0.25) is 0 Å². The maximum Gasteiger partial charge on any atom is -0.0295 e. The zero-order valence-corrected chi connectivity index (χ0v) is 6.19. The van der Waals surface area contributed by atoms with E-state index in [0.717, 1.165) is 5.92 Å². The summed E-state index contributed by atoms with van der Waals surface area (Å²) < 4.78 is 0. The SMILES string of the molecule is [CH2]C=C(C)CC1CCC1. The predicted octanol–water partition coefficient (Wildman–Crippen LogP) is 2.96. The molecule has 0 aromatic rings. The van der Waals surface area contributed by atoms with Crippen LogP contribution < -0.4 is 0 Å². The second kappa shape index (κ2) is 3.05. The molecule has 0 aliphatic heterocycles. The molecule has 0 atom stereocenters. The van der Waals surface area contributed by atoms with Gasteiger partial charge in [-0.3, -0.25) is 0 Å². The number of hydrogen-bond donors (Lipinski definition) is 0. The molecule has 0 unspecified atom stereocenters. The van der Waals surface area contributed by atoms with E-state index in [2.05, 4.69) is 13.8 Å². The quantitative estimate of drug-likeness (QED) is 0.529. The molecule has 0 amide bonds. The molecule has 1 aliphatic carbocycles. The van der Waals surface area contributed by atoms with Crippen molar-refractivity contribution in [3.63, 3.8) is 0 Å². The Balaban J connectivity index is 2.16. The van der Waals surface area contributed by atoms with E-state index in [1.807, 2.05) is 6.08 Å². The summed E-state index contributed by atoms with van der Waals surface area (Å²) in [6.45, 7) is 5.91. The van der Waals surface area contributed by atoms with Crippen LogP contribution in [0.25, 0.3) is 0 Å². The fourth-order valence-electron chi connectivity index (χ4n) is 1.24. The summed E-state index contributed by atoms with van der Waals surface area (Å²) in [6, 6.07) is 0. The van der Waals surface area contributed by atoms with Crippen molar-refractivity contribution >= 4 is 0 Å². The third-order valence-corrected chi connectivity index (χ3v) is 2.18. The molecule has 0 bridgehead atoms. The van der Waals surface area contributed by atoms with E-state index in [4.69, 9.17) is 0 Å². The number of rotatable bonds is 2. The summed E-state index contributed by atoms with van der Waals surface area (Å²) in [6.07, 6.45) is 7.63. The van der Waals surface area contributed by atoms with Crippen LogP contribution >= 0.6 is 0 Å². The Hall–Kier alpha value is -0.260. The monoisotopic (exact) mass is 123 g/mol. The van der Waals surface area contributed by atoms with Crippen LogP contribution in [0.2, 0.25) is 0 Å². The van der Waals surface area contributed by atoms with Gasteiger partial charge in [0.05, 0.1) is 0 Å². The first kappa shape index (κ1) is 6.85. The minimum Gasteiger partial charge on any atom is -0.0853 e. The molecule has 0 nitrogen and oxygen atoms in total. The van der Waals surface area contributed by atoms with E-state index in [0.29, 0.717) is 0 Å². The van der Waals surface area contributed by atoms with E-state index >= 15 is 0 Å². The Morgan fingerprint density at radius 3 is 2.67 bits per heavy atom. The normalized spacial score (nSPS) is 21.8. The molecule has 9 heavy (non-hydrogen) atoms. The second-order valence-electron chi connectivity index (χ2n) is 3.05. The minimum absolute atomic E-state index is 1.00. The smallest absolute Gasteiger partial charge is 0.0295 e. The van der Waals surface area contributed by atoms with E-state index in [1.165, 1.54) is 31.3 Å². The molecular weight excluding hydrogens is 108 g/mol. The van der Waals surface area contributed by atoms with Crippen molar-refractivity contribution in [2.45, 2.75) is 32.6 Å². The first-order chi connectivity index (χ1) is 4.33. The Kier molecular flexibility index (Phi) is 2.32. The highest BCUT2D eigenvalue weighted by molar-refractivity contribution is 5.01. The van der Waals surface area contributed by atoms with Crippen LogP contribution in [0.4, 0.5) is 0 Å². The van der Waals surface area contributed by atoms with Gasteiger partial charge in [-0.25, -0.2) is 0 Å². The van der Waals surface area contributed by atoms with Gasteiger partial charge in [0.1, 0.15) is 0 Å². The largest absolute Gasteiger partial charge is 0.0853 e. The van der Waals surface area contributed by atoms with Gasteiger partial charge in [0, 0.05) is 0 Å². The molecule has 0 spiro atoms. The molecule has 1 saturated carbocycles. The molecule has 1 rings (SSSR count). The summed E-state index contributed by atoms with van der Waals surface area (Å²) in [5.41, 5.74) is 1.46. The van der Waals surface area contributed by atoms with Crippen LogP contribution in [0.1, 0.15) is 32.6 Å². The molecule has 51 valence electrons. The predicted molar refractivity (Wildman–Crippen MR) is 41.1 cm³/mol. The third kappa shape index (κ3) is 1.85. The lowest BCUT2D eigenvalue weighted by molar-refractivity contribution is 0.314. The van der Waals surface area contributed by atoms with Crippen LogP contribution in [0.15, 0.2) is 11.6 Å². The topological polar surface area (TPSA) is 0 Å². The number of hydrogen-bond acceptors (Lipinski definition) is 0. The molecule has 1 fully saturated rings.